The van der Waals surface area contributed by atoms with Gasteiger partial charge in [0.2, 0.25) is 0 Å². The van der Waals surface area contributed by atoms with Gasteiger partial charge in [0.25, 0.3) is 5.91 Å². The van der Waals surface area contributed by atoms with Gasteiger partial charge >= 0.3 is 6.09 Å². The Hall–Kier alpha value is -2.78. The zero-order valence-corrected chi connectivity index (χ0v) is 18.6. The minimum absolute atomic E-state index is 0.0466. The van der Waals surface area contributed by atoms with Gasteiger partial charge in [-0.2, -0.15) is 0 Å². The van der Waals surface area contributed by atoms with Crippen molar-refractivity contribution in [3.63, 3.8) is 0 Å². The number of nitrogens with zero attached hydrogens (tertiary/aromatic N) is 4. The molecule has 2 aliphatic rings. The average Bonchev–Trinajstić information content (AvgIpc) is 3.64. The number of methoxy groups -OCH3 is 1. The maximum Gasteiger partial charge on any atom is 0.407 e. The monoisotopic (exact) mass is 442 g/mol. The molecule has 2 aromatic rings. The summed E-state index contributed by atoms with van der Waals surface area (Å²) >= 11 is 0. The van der Waals surface area contributed by atoms with E-state index < -0.39 is 12.2 Å². The molecule has 2 fully saturated rings. The highest BCUT2D eigenvalue weighted by Crippen LogP contribution is 2.35. The molecule has 0 unspecified atom stereocenters. The topological polar surface area (TPSA) is 105 Å². The molecule has 0 radical (unpaired) electrons. The van der Waals surface area contributed by atoms with Gasteiger partial charge in [-0.3, -0.25) is 4.79 Å². The first-order valence-corrected chi connectivity index (χ1v) is 11.2. The van der Waals surface area contributed by atoms with Crippen molar-refractivity contribution in [2.45, 2.75) is 50.8 Å². The van der Waals surface area contributed by atoms with E-state index >= 15 is 0 Å². The van der Waals surface area contributed by atoms with E-state index in [0.29, 0.717) is 12.4 Å². The fraction of sp³-hybridized carbons (Fsp3) is 0.565. The molecule has 32 heavy (non-hydrogen) atoms. The Balaban J connectivity index is 1.61. The van der Waals surface area contributed by atoms with Crippen LogP contribution in [0.25, 0.3) is 10.9 Å². The van der Waals surface area contributed by atoms with Crippen LogP contribution in [0.5, 0.6) is 0 Å². The van der Waals surface area contributed by atoms with Crippen LogP contribution < -0.4 is 0 Å². The van der Waals surface area contributed by atoms with E-state index in [-0.39, 0.29) is 37.7 Å². The summed E-state index contributed by atoms with van der Waals surface area (Å²) in [5, 5.41) is 10.3. The zero-order chi connectivity index (χ0) is 22.7. The normalized spacial score (nSPS) is 19.7. The molecule has 2 atom stereocenters. The molecule has 9 nitrogen and oxygen atoms in total. The van der Waals surface area contributed by atoms with Crippen LogP contribution in [0.15, 0.2) is 24.3 Å². The largest absolute Gasteiger partial charge is 0.465 e. The number of hydrogen-bond acceptors (Lipinski definition) is 6. The third-order valence-electron chi connectivity index (χ3n) is 6.06. The second kappa shape index (κ2) is 9.79. The number of para-hydroxylation sites is 1. The number of fused-ring (bicyclic) bond motifs is 1. The predicted molar refractivity (Wildman–Crippen MR) is 117 cm³/mol. The molecule has 1 saturated heterocycles. The van der Waals surface area contributed by atoms with E-state index in [0.717, 1.165) is 42.3 Å². The van der Waals surface area contributed by atoms with Crippen LogP contribution >= 0.6 is 0 Å². The van der Waals surface area contributed by atoms with Gasteiger partial charge < -0.3 is 24.4 Å². The smallest absolute Gasteiger partial charge is 0.407 e. The number of morpholine rings is 1. The molecule has 0 bridgehead atoms. The quantitative estimate of drug-likeness (QED) is 0.627. The SMILES string of the molecule is COCCCc1nc([C@@H](C)N(C(=O)[C@H]2CN(C(=O)O)CCO2)C2CC2)nc2ccccc12. The van der Waals surface area contributed by atoms with Crippen LogP contribution in [0, 0.1) is 0 Å². The lowest BCUT2D eigenvalue weighted by atomic mass is 10.1. The number of hydrogen-bond donors (Lipinski definition) is 1. The van der Waals surface area contributed by atoms with Crippen molar-refractivity contribution in [3.05, 3.63) is 35.8 Å². The molecule has 1 aliphatic heterocycles. The lowest BCUT2D eigenvalue weighted by Gasteiger charge is -2.36. The highest BCUT2D eigenvalue weighted by atomic mass is 16.5. The average molecular weight is 443 g/mol. The van der Waals surface area contributed by atoms with E-state index in [9.17, 15) is 14.7 Å². The Morgan fingerprint density at radius 2 is 2.09 bits per heavy atom. The maximum absolute atomic E-state index is 13.4. The zero-order valence-electron chi connectivity index (χ0n) is 18.6. The van der Waals surface area contributed by atoms with Crippen LogP contribution in [0.2, 0.25) is 0 Å². The molecule has 1 N–H and O–H groups in total. The van der Waals surface area contributed by atoms with Crippen LogP contribution in [-0.2, 0) is 20.7 Å². The fourth-order valence-electron chi connectivity index (χ4n) is 4.23. The Bertz CT molecular complexity index is 980. The van der Waals surface area contributed by atoms with Crippen LogP contribution in [0.3, 0.4) is 0 Å². The number of amides is 2. The molecule has 1 saturated carbocycles. The number of carbonyl (C=O) groups excluding carboxylic acids is 1. The highest BCUT2D eigenvalue weighted by molar-refractivity contribution is 5.83. The standard InChI is InChI=1S/C23H30N4O5/c1-15(21-24-18-7-4-3-6-17(18)19(25-21)8-5-12-31-2)27(16-9-10-16)22(28)20-14-26(23(29)30)11-13-32-20/h3-4,6-7,15-16,20H,5,8-14H2,1-2H3,(H,29,30)/t15-,20-/m1/s1. The third kappa shape index (κ3) is 4.83. The molecule has 4 rings (SSSR count). The molecule has 1 aromatic carbocycles. The Labute approximate surface area is 187 Å². The van der Waals surface area contributed by atoms with Crippen LogP contribution in [0.4, 0.5) is 4.79 Å². The van der Waals surface area contributed by atoms with E-state index in [2.05, 4.69) is 0 Å². The molecule has 0 spiro atoms. The van der Waals surface area contributed by atoms with E-state index in [1.807, 2.05) is 31.2 Å². The summed E-state index contributed by atoms with van der Waals surface area (Å²) in [5.41, 5.74) is 1.80. The second-order valence-corrected chi connectivity index (χ2v) is 8.38. The van der Waals surface area contributed by atoms with E-state index in [4.69, 9.17) is 19.4 Å². The number of benzene rings is 1. The van der Waals surface area contributed by atoms with Crippen molar-refractivity contribution in [1.29, 1.82) is 0 Å². The highest BCUT2D eigenvalue weighted by Gasteiger charge is 2.42. The van der Waals surface area contributed by atoms with Crippen molar-refractivity contribution in [2.75, 3.05) is 33.4 Å². The first kappa shape index (κ1) is 22.4. The van der Waals surface area contributed by atoms with Crippen molar-refractivity contribution in [3.8, 4) is 0 Å². The van der Waals surface area contributed by atoms with Crippen molar-refractivity contribution >= 4 is 22.9 Å². The summed E-state index contributed by atoms with van der Waals surface area (Å²) < 4.78 is 10.9. The van der Waals surface area contributed by atoms with Gasteiger partial charge in [0, 0.05) is 31.7 Å². The predicted octanol–water partition coefficient (Wildman–Crippen LogP) is 2.64. The fourth-order valence-corrected chi connectivity index (χ4v) is 4.23. The van der Waals surface area contributed by atoms with Crippen molar-refractivity contribution < 1.29 is 24.2 Å². The Morgan fingerprint density at radius 1 is 1.31 bits per heavy atom. The molecule has 2 amide bonds. The second-order valence-electron chi connectivity index (χ2n) is 8.38. The summed E-state index contributed by atoms with van der Waals surface area (Å²) in [7, 11) is 1.68. The van der Waals surface area contributed by atoms with Gasteiger partial charge in [0.1, 0.15) is 0 Å². The number of aromatic nitrogens is 2. The molecule has 2 heterocycles. The maximum atomic E-state index is 13.4. The third-order valence-corrected chi connectivity index (χ3v) is 6.06. The number of carboxylic acid groups (broad SMARTS) is 1. The summed E-state index contributed by atoms with van der Waals surface area (Å²) in [6, 6.07) is 7.67. The van der Waals surface area contributed by atoms with Gasteiger partial charge in [-0.1, -0.05) is 18.2 Å². The van der Waals surface area contributed by atoms with Gasteiger partial charge in [-0.15, -0.1) is 0 Å². The first-order valence-electron chi connectivity index (χ1n) is 11.2. The molecule has 1 aliphatic carbocycles. The molecular formula is C23H30N4O5. The minimum atomic E-state index is -1.03. The lowest BCUT2D eigenvalue weighted by Crippen LogP contribution is -2.53. The van der Waals surface area contributed by atoms with E-state index in [1.54, 1.807) is 12.0 Å². The summed E-state index contributed by atoms with van der Waals surface area (Å²) in [6.45, 7) is 3.12. The van der Waals surface area contributed by atoms with Gasteiger partial charge in [-0.05, 0) is 38.7 Å². The van der Waals surface area contributed by atoms with Gasteiger partial charge in [0.15, 0.2) is 11.9 Å². The summed E-state index contributed by atoms with van der Waals surface area (Å²) in [4.78, 5) is 37.5. The van der Waals surface area contributed by atoms with Crippen LogP contribution in [-0.4, -0.2) is 82.4 Å². The summed E-state index contributed by atoms with van der Waals surface area (Å²) in [6.07, 6.45) is 1.60. The molecule has 1 aromatic heterocycles. The van der Waals surface area contributed by atoms with Crippen LogP contribution in [0.1, 0.15) is 43.7 Å². The molecule has 172 valence electrons. The van der Waals surface area contributed by atoms with Gasteiger partial charge in [-0.25, -0.2) is 14.8 Å². The number of aryl methyl sites for hydroxylation is 1. The minimum Gasteiger partial charge on any atom is -0.465 e. The lowest BCUT2D eigenvalue weighted by molar-refractivity contribution is -0.151. The number of ether oxygens (including phenoxy) is 2. The van der Waals surface area contributed by atoms with E-state index in [1.165, 1.54) is 4.90 Å². The molecular weight excluding hydrogens is 412 g/mol. The molecule has 9 heteroatoms. The van der Waals surface area contributed by atoms with Gasteiger partial charge in [0.05, 0.1) is 30.4 Å². The Morgan fingerprint density at radius 3 is 2.81 bits per heavy atom. The van der Waals surface area contributed by atoms with Crippen molar-refractivity contribution in [2.24, 2.45) is 0 Å². The Kier molecular flexibility index (Phi) is 6.86. The van der Waals surface area contributed by atoms with Crippen molar-refractivity contribution in [1.82, 2.24) is 19.8 Å². The first-order chi connectivity index (χ1) is 15.5. The number of carbonyl (C=O) groups is 2. The summed E-state index contributed by atoms with van der Waals surface area (Å²) in [5.74, 6) is 0.408. The number of rotatable bonds is 8.